The smallest absolute Gasteiger partial charge is 0.276 e. The van der Waals surface area contributed by atoms with Crippen molar-refractivity contribution in [2.75, 3.05) is 13.1 Å². The predicted molar refractivity (Wildman–Crippen MR) is 97.3 cm³/mol. The maximum absolute atomic E-state index is 13.0. The maximum atomic E-state index is 13.0. The van der Waals surface area contributed by atoms with E-state index in [1.54, 1.807) is 11.8 Å². The van der Waals surface area contributed by atoms with Gasteiger partial charge in [0.15, 0.2) is 5.69 Å². The molecule has 2 amide bonds. The molecule has 0 radical (unpaired) electrons. The van der Waals surface area contributed by atoms with Gasteiger partial charge in [-0.3, -0.25) is 9.59 Å². The Bertz CT molecular complexity index is 838. The summed E-state index contributed by atoms with van der Waals surface area (Å²) in [6.07, 6.45) is 2.98. The van der Waals surface area contributed by atoms with Crippen LogP contribution in [-0.2, 0) is 11.4 Å². The van der Waals surface area contributed by atoms with Gasteiger partial charge < -0.3 is 19.5 Å². The van der Waals surface area contributed by atoms with Gasteiger partial charge in [0.1, 0.15) is 18.1 Å². The predicted octanol–water partition coefficient (Wildman–Crippen LogP) is 2.45. The molecule has 0 bridgehead atoms. The Kier molecular flexibility index (Phi) is 4.59. The topological polar surface area (TPSA) is 84.7 Å². The fourth-order valence-electron chi connectivity index (χ4n) is 3.84. The molecule has 0 atom stereocenters. The summed E-state index contributed by atoms with van der Waals surface area (Å²) < 4.78 is 11.0. The van der Waals surface area contributed by atoms with Crippen molar-refractivity contribution in [2.24, 2.45) is 0 Å². The second kappa shape index (κ2) is 7.06. The minimum atomic E-state index is -0.141. The Balaban J connectivity index is 1.43. The number of aryl methyl sites for hydroxylation is 1. The van der Waals surface area contributed by atoms with Crippen molar-refractivity contribution < 1.29 is 18.8 Å². The molecule has 0 saturated carbocycles. The van der Waals surface area contributed by atoms with Gasteiger partial charge in [-0.1, -0.05) is 23.4 Å². The van der Waals surface area contributed by atoms with Crippen LogP contribution in [0.25, 0.3) is 0 Å². The van der Waals surface area contributed by atoms with E-state index in [0.29, 0.717) is 36.5 Å². The summed E-state index contributed by atoms with van der Waals surface area (Å²) >= 11 is 0. The van der Waals surface area contributed by atoms with Gasteiger partial charge in [-0.25, -0.2) is 0 Å². The normalized spacial score (nSPS) is 18.6. The van der Waals surface area contributed by atoms with Gasteiger partial charge in [-0.15, -0.1) is 0 Å². The number of amides is 2. The maximum Gasteiger partial charge on any atom is 0.276 e. The van der Waals surface area contributed by atoms with Crippen LogP contribution in [0.15, 0.2) is 34.9 Å². The van der Waals surface area contributed by atoms with E-state index in [4.69, 9.17) is 9.26 Å². The van der Waals surface area contributed by atoms with Crippen molar-refractivity contribution in [3.05, 3.63) is 47.3 Å². The first kappa shape index (κ1) is 17.6. The van der Waals surface area contributed by atoms with Crippen LogP contribution >= 0.6 is 0 Å². The van der Waals surface area contributed by atoms with Gasteiger partial charge in [0.25, 0.3) is 5.91 Å². The number of para-hydroxylation sites is 1. The highest BCUT2D eigenvalue weighted by atomic mass is 16.5. The van der Waals surface area contributed by atoms with Crippen molar-refractivity contribution in [1.29, 1.82) is 0 Å². The molecule has 2 aliphatic heterocycles. The first-order chi connectivity index (χ1) is 13.1. The third kappa shape index (κ3) is 3.54. The lowest BCUT2D eigenvalue weighted by atomic mass is 9.86. The first-order valence-corrected chi connectivity index (χ1v) is 9.30. The van der Waals surface area contributed by atoms with Crippen molar-refractivity contribution in [3.63, 3.8) is 0 Å². The largest absolute Gasteiger partial charge is 0.489 e. The van der Waals surface area contributed by atoms with E-state index in [-0.39, 0.29) is 24.0 Å². The van der Waals surface area contributed by atoms with Gasteiger partial charge in [0, 0.05) is 25.0 Å². The quantitative estimate of drug-likeness (QED) is 0.895. The number of piperidine rings is 1. The van der Waals surface area contributed by atoms with E-state index < -0.39 is 0 Å². The molecule has 3 heterocycles. The van der Waals surface area contributed by atoms with E-state index >= 15 is 0 Å². The zero-order valence-corrected chi connectivity index (χ0v) is 15.4. The van der Waals surface area contributed by atoms with E-state index in [1.165, 1.54) is 0 Å². The molecule has 142 valence electrons. The van der Waals surface area contributed by atoms with E-state index in [2.05, 4.69) is 10.5 Å². The average Bonchev–Trinajstić information content (AvgIpc) is 3.23. The first-order valence-electron chi connectivity index (χ1n) is 9.30. The summed E-state index contributed by atoms with van der Waals surface area (Å²) in [4.78, 5) is 26.3. The van der Waals surface area contributed by atoms with Gasteiger partial charge in [0.2, 0.25) is 5.91 Å². The van der Waals surface area contributed by atoms with Crippen LogP contribution in [0.3, 0.4) is 0 Å². The molecule has 2 aliphatic rings. The van der Waals surface area contributed by atoms with Crippen LogP contribution in [0.1, 0.15) is 47.5 Å². The van der Waals surface area contributed by atoms with E-state index in [0.717, 1.165) is 25.0 Å². The second-order valence-electron chi connectivity index (χ2n) is 7.29. The highest BCUT2D eigenvalue weighted by Crippen LogP contribution is 2.32. The molecule has 2 fully saturated rings. The van der Waals surface area contributed by atoms with Crippen molar-refractivity contribution in [2.45, 2.75) is 44.8 Å². The molecule has 1 aromatic carbocycles. The summed E-state index contributed by atoms with van der Waals surface area (Å²) in [7, 11) is 0. The third-order valence-corrected chi connectivity index (χ3v) is 5.56. The average molecular weight is 369 g/mol. The fraction of sp³-hybridized carbons (Fsp3) is 0.450. The van der Waals surface area contributed by atoms with Gasteiger partial charge in [0.05, 0.1) is 5.56 Å². The highest BCUT2D eigenvalue weighted by Gasteiger charge is 2.41. The molecule has 0 aliphatic carbocycles. The lowest BCUT2D eigenvalue weighted by Crippen LogP contribution is -2.52. The van der Waals surface area contributed by atoms with E-state index in [1.807, 2.05) is 30.3 Å². The molecule has 0 unspecified atom stereocenters. The van der Waals surface area contributed by atoms with Crippen LogP contribution in [0.5, 0.6) is 5.75 Å². The lowest BCUT2D eigenvalue weighted by Gasteiger charge is -2.39. The molecule has 4 rings (SSSR count). The molecule has 1 spiro atoms. The van der Waals surface area contributed by atoms with Gasteiger partial charge in [-0.2, -0.15) is 0 Å². The Morgan fingerprint density at radius 2 is 2.00 bits per heavy atom. The molecule has 2 saturated heterocycles. The van der Waals surface area contributed by atoms with Crippen molar-refractivity contribution in [1.82, 2.24) is 15.4 Å². The van der Waals surface area contributed by atoms with Crippen LogP contribution < -0.4 is 10.1 Å². The summed E-state index contributed by atoms with van der Waals surface area (Å²) in [6.45, 7) is 3.22. The Hall–Kier alpha value is -2.83. The number of benzene rings is 1. The minimum absolute atomic E-state index is 0.113. The zero-order valence-electron chi connectivity index (χ0n) is 15.4. The summed E-state index contributed by atoms with van der Waals surface area (Å²) in [6, 6.07) is 9.44. The fourth-order valence-corrected chi connectivity index (χ4v) is 3.84. The molecule has 1 aromatic heterocycles. The van der Waals surface area contributed by atoms with Crippen LogP contribution in [-0.4, -0.2) is 40.5 Å². The number of carbonyl (C=O) groups excluding carboxylic acids is 2. The highest BCUT2D eigenvalue weighted by molar-refractivity contribution is 5.94. The van der Waals surface area contributed by atoms with Gasteiger partial charge in [-0.05, 0) is 38.3 Å². The monoisotopic (exact) mass is 369 g/mol. The molecule has 2 aromatic rings. The zero-order chi connectivity index (χ0) is 18.9. The molecule has 7 heteroatoms. The molecule has 7 nitrogen and oxygen atoms in total. The summed E-state index contributed by atoms with van der Waals surface area (Å²) in [5.74, 6) is 1.29. The molecular weight excluding hydrogens is 346 g/mol. The Morgan fingerprint density at radius 3 is 2.67 bits per heavy atom. The standard InChI is InChI=1S/C20H23N3O4/c1-14-16(13-26-15-5-3-2-4-6-15)18(22-27-14)19(25)23-11-9-20(10-12-23)8-7-17(24)21-20/h2-6H,7-13H2,1H3,(H,21,24). The molecule has 27 heavy (non-hydrogen) atoms. The minimum Gasteiger partial charge on any atom is -0.489 e. The number of nitrogens with zero attached hydrogens (tertiary/aromatic N) is 2. The number of hydrogen-bond donors (Lipinski definition) is 1. The SMILES string of the molecule is Cc1onc(C(=O)N2CCC3(CCC(=O)N3)CC2)c1COc1ccccc1. The lowest BCUT2D eigenvalue weighted by molar-refractivity contribution is -0.120. The summed E-state index contributed by atoms with van der Waals surface area (Å²) in [5.41, 5.74) is 0.862. The Labute approximate surface area is 157 Å². The number of likely N-dealkylation sites (tertiary alicyclic amines) is 1. The second-order valence-corrected chi connectivity index (χ2v) is 7.29. The number of aromatic nitrogens is 1. The van der Waals surface area contributed by atoms with Crippen LogP contribution in [0.2, 0.25) is 0 Å². The number of nitrogens with one attached hydrogen (secondary N) is 1. The number of hydrogen-bond acceptors (Lipinski definition) is 5. The number of carbonyl (C=O) groups is 2. The van der Waals surface area contributed by atoms with Gasteiger partial charge >= 0.3 is 0 Å². The van der Waals surface area contributed by atoms with E-state index in [9.17, 15) is 9.59 Å². The molecule has 1 N–H and O–H groups in total. The number of rotatable bonds is 4. The Morgan fingerprint density at radius 1 is 1.26 bits per heavy atom. The summed E-state index contributed by atoms with van der Waals surface area (Å²) in [5, 5.41) is 7.08. The molecular formula is C20H23N3O4. The van der Waals surface area contributed by atoms with Crippen molar-refractivity contribution in [3.8, 4) is 5.75 Å². The van der Waals surface area contributed by atoms with Crippen LogP contribution in [0, 0.1) is 6.92 Å². The van der Waals surface area contributed by atoms with Crippen molar-refractivity contribution >= 4 is 11.8 Å². The van der Waals surface area contributed by atoms with Crippen LogP contribution in [0.4, 0.5) is 0 Å². The third-order valence-electron chi connectivity index (χ3n) is 5.56. The number of ether oxygens (including phenoxy) is 1.